The molecule has 0 N–H and O–H groups in total. The molecule has 1 spiro atoms. The van der Waals surface area contributed by atoms with Crippen molar-refractivity contribution in [1.82, 2.24) is 9.80 Å². The minimum atomic E-state index is -0.557. The van der Waals surface area contributed by atoms with Crippen LogP contribution in [-0.4, -0.2) is 90.4 Å². The number of carbonyl (C=O) groups is 2. The van der Waals surface area contributed by atoms with Crippen molar-refractivity contribution in [3.63, 3.8) is 0 Å². The van der Waals surface area contributed by atoms with Gasteiger partial charge in [0.05, 0.1) is 29.8 Å². The van der Waals surface area contributed by atoms with Gasteiger partial charge in [-0.2, -0.15) is 0 Å². The zero-order valence-electron chi connectivity index (χ0n) is 24.1. The van der Waals surface area contributed by atoms with Crippen LogP contribution in [0.5, 0.6) is 0 Å². The summed E-state index contributed by atoms with van der Waals surface area (Å²) < 4.78 is 18.6. The molecule has 5 heterocycles. The smallest absolute Gasteiger partial charge is 0.399 e. The predicted octanol–water partition coefficient (Wildman–Crippen LogP) is 2.61. The summed E-state index contributed by atoms with van der Waals surface area (Å²) in [4.78, 5) is 33.3. The highest BCUT2D eigenvalue weighted by molar-refractivity contribution is 6.62. The normalized spacial score (nSPS) is 34.5. The fourth-order valence-corrected chi connectivity index (χ4v) is 8.05. The molecule has 5 fully saturated rings. The number of anilines is 1. The highest BCUT2D eigenvalue weighted by Gasteiger charge is 2.58. The van der Waals surface area contributed by atoms with Crippen molar-refractivity contribution in [2.45, 2.75) is 114 Å². The molecule has 8 nitrogen and oxygen atoms in total. The standard InChI is InChI=1S/C30H42BN3O5/c1-19(35)32-12-10-30(11-13-32)25-9-6-20(31-38-28(2,3)29(4,5)39-31)14-26(25)34(27(30)36)24-15-23(16-24)33-21-7-8-22(33)18-37-17-21/h6,9,14,21-24H,7-8,10-13,15-18H2,1-5H3/t21?,22?,23-,24+. The predicted molar refractivity (Wildman–Crippen MR) is 149 cm³/mol. The Bertz CT molecular complexity index is 1160. The topological polar surface area (TPSA) is 71.6 Å². The number of ether oxygens (including phenoxy) is 1. The number of likely N-dealkylation sites (tertiary alicyclic amines) is 1. The monoisotopic (exact) mass is 535 g/mol. The average Bonchev–Trinajstić information content (AvgIpc) is 3.33. The Kier molecular flexibility index (Phi) is 5.85. The minimum absolute atomic E-state index is 0.0884. The Morgan fingerprint density at radius 3 is 2.13 bits per heavy atom. The Morgan fingerprint density at radius 1 is 0.923 bits per heavy atom. The van der Waals surface area contributed by atoms with Gasteiger partial charge < -0.3 is 23.8 Å². The van der Waals surface area contributed by atoms with E-state index < -0.39 is 23.7 Å². The zero-order valence-corrected chi connectivity index (χ0v) is 24.1. The molecular formula is C30H42BN3O5. The molecule has 0 radical (unpaired) electrons. The maximum Gasteiger partial charge on any atom is 0.494 e. The van der Waals surface area contributed by atoms with Crippen molar-refractivity contribution >= 4 is 30.1 Å². The van der Waals surface area contributed by atoms with Crippen molar-refractivity contribution in [3.8, 4) is 0 Å². The number of benzene rings is 1. The van der Waals surface area contributed by atoms with Crippen LogP contribution in [0.1, 0.15) is 78.7 Å². The van der Waals surface area contributed by atoms with E-state index in [0.717, 1.165) is 42.8 Å². The molecule has 9 heteroatoms. The van der Waals surface area contributed by atoms with E-state index in [0.29, 0.717) is 44.1 Å². The Morgan fingerprint density at radius 2 is 1.54 bits per heavy atom. The van der Waals surface area contributed by atoms with Crippen molar-refractivity contribution in [2.75, 3.05) is 31.2 Å². The van der Waals surface area contributed by atoms with Gasteiger partial charge in [-0.15, -0.1) is 0 Å². The van der Waals surface area contributed by atoms with Gasteiger partial charge in [-0.25, -0.2) is 0 Å². The van der Waals surface area contributed by atoms with Crippen LogP contribution in [-0.2, 0) is 29.0 Å². The van der Waals surface area contributed by atoms with Crippen LogP contribution in [0.25, 0.3) is 0 Å². The molecule has 7 rings (SSSR count). The number of morpholine rings is 1. The molecule has 1 aromatic rings. The minimum Gasteiger partial charge on any atom is -0.399 e. The first-order valence-corrected chi connectivity index (χ1v) is 15.0. The highest BCUT2D eigenvalue weighted by Crippen LogP contribution is 2.51. The van der Waals surface area contributed by atoms with Crippen LogP contribution in [0.3, 0.4) is 0 Å². The largest absolute Gasteiger partial charge is 0.494 e. The molecule has 2 amide bonds. The molecule has 5 aliphatic heterocycles. The number of hydrogen-bond donors (Lipinski definition) is 0. The van der Waals surface area contributed by atoms with E-state index in [9.17, 15) is 9.59 Å². The fraction of sp³-hybridized carbons (Fsp3) is 0.733. The number of piperidine rings is 1. The van der Waals surface area contributed by atoms with Crippen molar-refractivity contribution in [2.24, 2.45) is 0 Å². The summed E-state index contributed by atoms with van der Waals surface area (Å²) in [6, 6.07) is 8.19. The third-order valence-corrected chi connectivity index (χ3v) is 11.2. The summed E-state index contributed by atoms with van der Waals surface area (Å²) in [6.45, 7) is 12.8. The molecular weight excluding hydrogens is 493 g/mol. The van der Waals surface area contributed by atoms with E-state index >= 15 is 0 Å². The van der Waals surface area contributed by atoms with E-state index in [2.05, 4.69) is 55.7 Å². The van der Waals surface area contributed by atoms with E-state index in [1.165, 1.54) is 12.8 Å². The molecule has 6 aliphatic rings. The van der Waals surface area contributed by atoms with Crippen LogP contribution in [0.4, 0.5) is 5.69 Å². The number of amides is 2. The number of carbonyl (C=O) groups excluding carboxylic acids is 2. The molecule has 4 saturated heterocycles. The lowest BCUT2D eigenvalue weighted by Gasteiger charge is -2.50. The number of nitrogens with zero attached hydrogens (tertiary/aromatic N) is 3. The molecule has 2 unspecified atom stereocenters. The molecule has 1 aromatic carbocycles. The summed E-state index contributed by atoms with van der Waals surface area (Å²) in [6.07, 6.45) is 5.82. The lowest BCUT2D eigenvalue weighted by Crippen LogP contribution is -2.61. The second-order valence-corrected chi connectivity index (χ2v) is 13.8. The van der Waals surface area contributed by atoms with Crippen LogP contribution in [0, 0.1) is 0 Å². The maximum absolute atomic E-state index is 14.4. The Labute approximate surface area is 232 Å². The van der Waals surface area contributed by atoms with Gasteiger partial charge in [-0.3, -0.25) is 14.5 Å². The quantitative estimate of drug-likeness (QED) is 0.555. The van der Waals surface area contributed by atoms with Crippen molar-refractivity contribution in [1.29, 1.82) is 0 Å². The van der Waals surface area contributed by atoms with Crippen LogP contribution < -0.4 is 10.4 Å². The number of rotatable bonds is 3. The van der Waals surface area contributed by atoms with E-state index in [4.69, 9.17) is 14.0 Å². The van der Waals surface area contributed by atoms with Gasteiger partial charge >= 0.3 is 7.12 Å². The lowest BCUT2D eigenvalue weighted by atomic mass is 9.71. The number of fused-ring (bicyclic) bond motifs is 4. The van der Waals surface area contributed by atoms with E-state index in [1.807, 2.05) is 4.90 Å². The summed E-state index contributed by atoms with van der Waals surface area (Å²) >= 11 is 0. The Hall–Kier alpha value is -1.94. The van der Waals surface area contributed by atoms with Gasteiger partial charge in [0.15, 0.2) is 0 Å². The molecule has 2 atom stereocenters. The second-order valence-electron chi connectivity index (χ2n) is 13.8. The lowest BCUT2D eigenvalue weighted by molar-refractivity contribution is -0.134. The van der Waals surface area contributed by atoms with E-state index in [-0.39, 0.29) is 17.9 Å². The third-order valence-electron chi connectivity index (χ3n) is 11.2. The summed E-state index contributed by atoms with van der Waals surface area (Å²) in [5.41, 5.74) is 1.70. The molecule has 0 aromatic heterocycles. The van der Waals surface area contributed by atoms with E-state index in [1.54, 1.807) is 6.92 Å². The van der Waals surface area contributed by atoms with Crippen molar-refractivity contribution < 1.29 is 23.6 Å². The van der Waals surface area contributed by atoms with Gasteiger partial charge in [0, 0.05) is 49.9 Å². The van der Waals surface area contributed by atoms with Crippen LogP contribution in [0.15, 0.2) is 18.2 Å². The number of hydrogen-bond acceptors (Lipinski definition) is 6. The SMILES string of the molecule is CC(=O)N1CCC2(CC1)C(=O)N([C@H]1C[C@@H](N3C4CCC3COC4)C1)c1cc(B3OC(C)(C)C(C)(C)O3)ccc12. The zero-order chi connectivity index (χ0) is 27.3. The van der Waals surface area contributed by atoms with Gasteiger partial charge in [0.1, 0.15) is 0 Å². The average molecular weight is 535 g/mol. The molecule has 1 aliphatic carbocycles. The van der Waals surface area contributed by atoms with Crippen molar-refractivity contribution in [3.05, 3.63) is 23.8 Å². The first-order chi connectivity index (χ1) is 18.5. The summed E-state index contributed by atoms with van der Waals surface area (Å²) in [7, 11) is -0.466. The highest BCUT2D eigenvalue weighted by atomic mass is 16.7. The first-order valence-electron chi connectivity index (χ1n) is 15.0. The molecule has 2 bridgehead atoms. The van der Waals surface area contributed by atoms with Gasteiger partial charge in [0.25, 0.3) is 0 Å². The molecule has 210 valence electrons. The second kappa shape index (κ2) is 8.78. The Balaban J connectivity index is 1.19. The molecule has 39 heavy (non-hydrogen) atoms. The first kappa shape index (κ1) is 26.0. The summed E-state index contributed by atoms with van der Waals surface area (Å²) in [5.74, 6) is 0.311. The summed E-state index contributed by atoms with van der Waals surface area (Å²) in [5, 5.41) is 0. The van der Waals surface area contributed by atoms with Gasteiger partial charge in [-0.05, 0) is 83.3 Å². The van der Waals surface area contributed by atoms with Gasteiger partial charge in [-0.1, -0.05) is 12.1 Å². The van der Waals surface area contributed by atoms with Crippen LogP contribution >= 0.6 is 0 Å². The maximum atomic E-state index is 14.4. The van der Waals surface area contributed by atoms with Gasteiger partial charge in [0.2, 0.25) is 11.8 Å². The third kappa shape index (κ3) is 3.79. The van der Waals surface area contributed by atoms with Crippen LogP contribution in [0.2, 0.25) is 0 Å². The molecule has 1 saturated carbocycles. The fourth-order valence-electron chi connectivity index (χ4n) is 8.05.